The standard InChI is InChI=1S/C44H59N5O8/c1-32-13-26-55-41(32)43(53)48-23-27-57-44(31-48)16-20-47(21-17-44)29-34-7-5-6-33(28-34)14-24-54-25-15-39(52)49(36-8-3-2-4-9-36)22-19-45-18-12-35-10-11-37(50)40-42(35)56-30-38(51)46-40/h5-7,10-11,13,26,28,36,45,50H,2-4,8-9,12,14-25,27,29-31H2,1H3,(H,46,51). The summed E-state index contributed by atoms with van der Waals surface area (Å²) in [6, 6.07) is 14.2. The summed E-state index contributed by atoms with van der Waals surface area (Å²) < 4.78 is 23.5. The molecular weight excluding hydrogens is 727 g/mol. The highest BCUT2D eigenvalue weighted by Gasteiger charge is 2.41. The molecule has 0 radical (unpaired) electrons. The van der Waals surface area contributed by atoms with Gasteiger partial charge in [-0.25, -0.2) is 0 Å². The first-order valence-corrected chi connectivity index (χ1v) is 20.9. The number of ether oxygens (including phenoxy) is 3. The van der Waals surface area contributed by atoms with E-state index in [1.807, 2.05) is 24.0 Å². The molecular formula is C44H59N5O8. The molecule has 1 spiro atoms. The molecule has 1 aromatic heterocycles. The quantitative estimate of drug-likeness (QED) is 0.133. The summed E-state index contributed by atoms with van der Waals surface area (Å²) in [5, 5.41) is 16.3. The number of likely N-dealkylation sites (tertiary alicyclic amines) is 1. The maximum Gasteiger partial charge on any atom is 0.290 e. The van der Waals surface area contributed by atoms with Crippen LogP contribution >= 0.6 is 0 Å². The lowest BCUT2D eigenvalue weighted by molar-refractivity contribution is -0.135. The van der Waals surface area contributed by atoms with Gasteiger partial charge in [0.25, 0.3) is 11.8 Å². The number of nitrogens with one attached hydrogen (secondary N) is 2. The molecule has 3 N–H and O–H groups in total. The van der Waals surface area contributed by atoms with E-state index < -0.39 is 0 Å². The molecule has 3 amide bonds. The summed E-state index contributed by atoms with van der Waals surface area (Å²) in [6.07, 6.45) is 10.8. The van der Waals surface area contributed by atoms with Crippen molar-refractivity contribution in [2.24, 2.45) is 0 Å². The van der Waals surface area contributed by atoms with Crippen molar-refractivity contribution in [3.63, 3.8) is 0 Å². The number of benzene rings is 2. The van der Waals surface area contributed by atoms with Crippen molar-refractivity contribution in [2.75, 3.05) is 77.6 Å². The van der Waals surface area contributed by atoms with Crippen LogP contribution in [0, 0.1) is 6.92 Å². The van der Waals surface area contributed by atoms with Gasteiger partial charge >= 0.3 is 0 Å². The Hall–Kier alpha value is -4.43. The number of rotatable bonds is 16. The molecule has 3 aliphatic heterocycles. The van der Waals surface area contributed by atoms with Gasteiger partial charge in [-0.2, -0.15) is 0 Å². The van der Waals surface area contributed by atoms with Crippen molar-refractivity contribution < 1.29 is 38.1 Å². The molecule has 0 unspecified atom stereocenters. The van der Waals surface area contributed by atoms with Crippen molar-refractivity contribution in [2.45, 2.75) is 89.3 Å². The van der Waals surface area contributed by atoms with E-state index >= 15 is 0 Å². The number of morpholine rings is 1. The van der Waals surface area contributed by atoms with E-state index in [1.54, 1.807) is 12.3 Å². The second kappa shape index (κ2) is 19.3. The third-order valence-electron chi connectivity index (χ3n) is 12.0. The van der Waals surface area contributed by atoms with Crippen LogP contribution in [0.1, 0.15) is 84.2 Å². The zero-order chi connectivity index (χ0) is 39.6. The number of carbonyl (C=O) groups excluding carboxylic acids is 3. The summed E-state index contributed by atoms with van der Waals surface area (Å²) in [4.78, 5) is 44.8. The van der Waals surface area contributed by atoms with Gasteiger partial charge in [-0.15, -0.1) is 0 Å². The Morgan fingerprint density at radius 2 is 1.84 bits per heavy atom. The number of carbonyl (C=O) groups is 3. The number of amides is 3. The van der Waals surface area contributed by atoms with E-state index in [0.717, 1.165) is 75.7 Å². The van der Waals surface area contributed by atoms with E-state index in [0.29, 0.717) is 82.6 Å². The van der Waals surface area contributed by atoms with Gasteiger partial charge in [0, 0.05) is 50.9 Å². The van der Waals surface area contributed by atoms with Crippen molar-refractivity contribution >= 4 is 23.4 Å². The van der Waals surface area contributed by atoms with Crippen LogP contribution in [0.15, 0.2) is 53.1 Å². The van der Waals surface area contributed by atoms with Gasteiger partial charge in [-0.1, -0.05) is 49.6 Å². The molecule has 3 aromatic rings. The average Bonchev–Trinajstić information content (AvgIpc) is 3.66. The first-order chi connectivity index (χ1) is 27.8. The Morgan fingerprint density at radius 1 is 1.02 bits per heavy atom. The third kappa shape index (κ3) is 10.6. The highest BCUT2D eigenvalue weighted by Crippen LogP contribution is 2.39. The Labute approximate surface area is 336 Å². The van der Waals surface area contributed by atoms with Crippen molar-refractivity contribution in [3.8, 4) is 11.5 Å². The maximum absolute atomic E-state index is 13.5. The lowest BCUT2D eigenvalue weighted by Crippen LogP contribution is -2.57. The van der Waals surface area contributed by atoms with Crippen molar-refractivity contribution in [1.29, 1.82) is 0 Å². The fourth-order valence-corrected chi connectivity index (χ4v) is 8.77. The normalized spacial score (nSPS) is 18.5. The zero-order valence-corrected chi connectivity index (χ0v) is 33.4. The molecule has 3 fully saturated rings. The van der Waals surface area contributed by atoms with Gasteiger partial charge < -0.3 is 44.2 Å². The van der Waals surface area contributed by atoms with E-state index in [1.165, 1.54) is 17.5 Å². The molecule has 0 atom stereocenters. The summed E-state index contributed by atoms with van der Waals surface area (Å²) in [5.41, 5.74) is 4.31. The Morgan fingerprint density at radius 3 is 2.65 bits per heavy atom. The fourth-order valence-electron chi connectivity index (χ4n) is 8.77. The van der Waals surface area contributed by atoms with Gasteiger partial charge in [0.15, 0.2) is 18.1 Å². The Balaban J connectivity index is 0.812. The highest BCUT2D eigenvalue weighted by atomic mass is 16.5. The molecule has 1 saturated carbocycles. The van der Waals surface area contributed by atoms with Crippen LogP contribution in [0.4, 0.5) is 5.69 Å². The number of aryl methyl sites for hydroxylation is 1. The molecule has 7 rings (SSSR count). The largest absolute Gasteiger partial charge is 0.506 e. The minimum absolute atomic E-state index is 0.00511. The number of anilines is 1. The van der Waals surface area contributed by atoms with Gasteiger partial charge in [0.2, 0.25) is 5.91 Å². The van der Waals surface area contributed by atoms with E-state index in [2.05, 4.69) is 44.7 Å². The van der Waals surface area contributed by atoms with Gasteiger partial charge in [-0.05, 0) is 80.8 Å². The number of phenolic OH excluding ortho intramolecular Hbond substituents is 1. The predicted octanol–water partition coefficient (Wildman–Crippen LogP) is 5.07. The predicted molar refractivity (Wildman–Crippen MR) is 216 cm³/mol. The van der Waals surface area contributed by atoms with Crippen molar-refractivity contribution in [3.05, 3.63) is 76.7 Å². The Bertz CT molecular complexity index is 1830. The lowest BCUT2D eigenvalue weighted by atomic mass is 9.89. The molecule has 2 aromatic carbocycles. The first-order valence-electron chi connectivity index (χ1n) is 20.9. The maximum atomic E-state index is 13.5. The highest BCUT2D eigenvalue weighted by molar-refractivity contribution is 5.97. The minimum Gasteiger partial charge on any atom is -0.506 e. The molecule has 1 aliphatic carbocycles. The monoisotopic (exact) mass is 785 g/mol. The van der Waals surface area contributed by atoms with E-state index in [4.69, 9.17) is 18.6 Å². The number of phenols is 1. The zero-order valence-electron chi connectivity index (χ0n) is 33.4. The molecule has 4 heterocycles. The molecule has 13 nitrogen and oxygen atoms in total. The van der Waals surface area contributed by atoms with Gasteiger partial charge in [0.05, 0.1) is 44.7 Å². The van der Waals surface area contributed by atoms with Crippen molar-refractivity contribution in [1.82, 2.24) is 20.0 Å². The lowest BCUT2D eigenvalue weighted by Gasteiger charge is -2.47. The first kappa shape index (κ1) is 40.8. The number of fused-ring (bicyclic) bond motifs is 1. The Kier molecular flexibility index (Phi) is 13.8. The SMILES string of the molecule is Cc1ccoc1C(=O)N1CCOC2(CCN(Cc3cccc(CCOCCC(=O)N(CCNCCc4ccc(O)c5c4OCC(=O)N5)C4CCCCC4)c3)CC2)C1. The number of aromatic hydroxyl groups is 1. The molecule has 13 heteroatoms. The summed E-state index contributed by atoms with van der Waals surface area (Å²) >= 11 is 0. The molecule has 0 bridgehead atoms. The molecule has 2 saturated heterocycles. The van der Waals surface area contributed by atoms with Gasteiger partial charge in [-0.3, -0.25) is 19.3 Å². The summed E-state index contributed by atoms with van der Waals surface area (Å²) in [5.74, 6) is 0.770. The van der Waals surface area contributed by atoms with E-state index in [9.17, 15) is 19.5 Å². The number of furan rings is 1. The van der Waals surface area contributed by atoms with Crippen LogP contribution in [0.5, 0.6) is 11.5 Å². The molecule has 57 heavy (non-hydrogen) atoms. The van der Waals surface area contributed by atoms with Crippen LogP contribution in [0.2, 0.25) is 0 Å². The van der Waals surface area contributed by atoms with E-state index in [-0.39, 0.29) is 41.7 Å². The van der Waals surface area contributed by atoms with Crippen LogP contribution in [0.25, 0.3) is 0 Å². The number of hydrogen-bond acceptors (Lipinski definition) is 10. The molecule has 4 aliphatic rings. The van der Waals surface area contributed by atoms with Crippen LogP contribution in [-0.2, 0) is 38.4 Å². The number of piperidine rings is 1. The smallest absolute Gasteiger partial charge is 0.290 e. The molecule has 308 valence electrons. The van der Waals surface area contributed by atoms with Gasteiger partial charge in [0.1, 0.15) is 11.4 Å². The fraction of sp³-hybridized carbons (Fsp3) is 0.568. The van der Waals surface area contributed by atoms with Crippen LogP contribution in [-0.4, -0.2) is 121 Å². The average molecular weight is 786 g/mol. The minimum atomic E-state index is -0.301. The number of hydrogen-bond donors (Lipinski definition) is 3. The second-order valence-corrected chi connectivity index (χ2v) is 16.1. The van der Waals surface area contributed by atoms with Crippen LogP contribution < -0.4 is 15.4 Å². The number of nitrogens with zero attached hydrogens (tertiary/aromatic N) is 3. The van der Waals surface area contributed by atoms with Crippen LogP contribution in [0.3, 0.4) is 0 Å². The third-order valence-corrected chi connectivity index (χ3v) is 12.0. The summed E-state index contributed by atoms with van der Waals surface area (Å²) in [6.45, 7) is 9.22. The second-order valence-electron chi connectivity index (χ2n) is 16.1. The summed E-state index contributed by atoms with van der Waals surface area (Å²) in [7, 11) is 0. The topological polar surface area (TPSA) is 146 Å².